The fourth-order valence-electron chi connectivity index (χ4n) is 1.70. The molecule has 0 aliphatic heterocycles. The highest BCUT2D eigenvalue weighted by Gasteiger charge is 2.14. The van der Waals surface area contributed by atoms with Gasteiger partial charge in [-0.05, 0) is 38.1 Å². The van der Waals surface area contributed by atoms with Crippen molar-refractivity contribution >= 4 is 21.4 Å². The van der Waals surface area contributed by atoms with Gasteiger partial charge in [0.15, 0.2) is 0 Å². The van der Waals surface area contributed by atoms with Gasteiger partial charge in [0.1, 0.15) is 0 Å². The van der Waals surface area contributed by atoms with Crippen molar-refractivity contribution in [3.05, 3.63) is 18.2 Å². The van der Waals surface area contributed by atoms with Gasteiger partial charge in [-0.1, -0.05) is 6.92 Å². The average Bonchev–Trinajstić information content (AvgIpc) is 2.40. The largest absolute Gasteiger partial charge is 0.397 e. The number of hydrogen-bond donors (Lipinski definition) is 4. The molecule has 0 bridgehead atoms. The number of hydrogen-bond acceptors (Lipinski definition) is 5. The normalized spacial score (nSPS) is 13.2. The summed E-state index contributed by atoms with van der Waals surface area (Å²) in [5.41, 5.74) is 6.88. The van der Waals surface area contributed by atoms with Crippen LogP contribution in [0.15, 0.2) is 23.1 Å². The molecule has 1 rings (SSSR count). The van der Waals surface area contributed by atoms with Gasteiger partial charge in [0.25, 0.3) is 0 Å². The molecule has 5 N–H and O–H groups in total. The first-order chi connectivity index (χ1) is 8.94. The number of nitrogen functional groups attached to an aromatic ring is 1. The summed E-state index contributed by atoms with van der Waals surface area (Å²) in [6.45, 7) is 2.05. The summed E-state index contributed by atoms with van der Waals surface area (Å²) in [6, 6.07) is 4.57. The molecule has 0 spiro atoms. The monoisotopic (exact) mass is 287 g/mol. The Balaban J connectivity index is 3.04. The van der Waals surface area contributed by atoms with Crippen LogP contribution >= 0.6 is 0 Å². The lowest BCUT2D eigenvalue weighted by molar-refractivity contribution is 0.278. The summed E-state index contributed by atoms with van der Waals surface area (Å²) in [5.74, 6) is 0. The number of sulfonamides is 1. The standard InChI is InChI=1S/C12H21N3O3S/c1-3-9(6-7-16)15-12-8-10(4-5-11(12)13)19(17,18)14-2/h4-5,8-9,14-16H,3,6-7,13H2,1-2H3. The van der Waals surface area contributed by atoms with E-state index in [9.17, 15) is 8.42 Å². The van der Waals surface area contributed by atoms with Gasteiger partial charge in [0.2, 0.25) is 10.0 Å². The number of nitrogens with two attached hydrogens (primary N) is 1. The molecule has 0 fully saturated rings. The van der Waals surface area contributed by atoms with Gasteiger partial charge in [0.05, 0.1) is 16.3 Å². The van der Waals surface area contributed by atoms with Crippen molar-refractivity contribution in [2.45, 2.75) is 30.7 Å². The number of anilines is 2. The molecule has 1 aromatic carbocycles. The Bertz CT molecular complexity index is 517. The van der Waals surface area contributed by atoms with Crippen LogP contribution in [-0.2, 0) is 10.0 Å². The molecule has 6 nitrogen and oxygen atoms in total. The predicted molar refractivity (Wildman–Crippen MR) is 76.5 cm³/mol. The van der Waals surface area contributed by atoms with E-state index < -0.39 is 10.0 Å². The lowest BCUT2D eigenvalue weighted by atomic mass is 10.1. The highest BCUT2D eigenvalue weighted by atomic mass is 32.2. The summed E-state index contributed by atoms with van der Waals surface area (Å²) in [6.07, 6.45) is 1.39. The van der Waals surface area contributed by atoms with Crippen molar-refractivity contribution in [1.82, 2.24) is 4.72 Å². The van der Waals surface area contributed by atoms with Crippen LogP contribution in [0, 0.1) is 0 Å². The Morgan fingerprint density at radius 3 is 2.63 bits per heavy atom. The van der Waals surface area contributed by atoms with E-state index in [-0.39, 0.29) is 17.5 Å². The topological polar surface area (TPSA) is 104 Å². The van der Waals surface area contributed by atoms with E-state index in [1.165, 1.54) is 19.2 Å². The zero-order valence-corrected chi connectivity index (χ0v) is 12.0. The van der Waals surface area contributed by atoms with E-state index in [0.29, 0.717) is 17.8 Å². The number of aliphatic hydroxyl groups is 1. The molecule has 19 heavy (non-hydrogen) atoms. The molecule has 0 saturated carbocycles. The first-order valence-electron chi connectivity index (χ1n) is 6.15. The fourth-order valence-corrected chi connectivity index (χ4v) is 2.46. The molecule has 0 saturated heterocycles. The molecule has 1 aromatic rings. The number of aliphatic hydroxyl groups excluding tert-OH is 1. The Hall–Kier alpha value is -1.31. The Morgan fingerprint density at radius 2 is 2.11 bits per heavy atom. The zero-order chi connectivity index (χ0) is 14.5. The van der Waals surface area contributed by atoms with E-state index in [2.05, 4.69) is 10.0 Å². The summed E-state index contributed by atoms with van der Waals surface area (Å²) in [7, 11) is -2.13. The summed E-state index contributed by atoms with van der Waals surface area (Å²) < 4.78 is 25.7. The van der Waals surface area contributed by atoms with Crippen molar-refractivity contribution in [2.24, 2.45) is 0 Å². The third kappa shape index (κ3) is 4.09. The second-order valence-electron chi connectivity index (χ2n) is 4.22. The third-order valence-corrected chi connectivity index (χ3v) is 4.35. The Labute approximate surface area is 114 Å². The Kier molecular flexibility index (Phi) is 5.59. The van der Waals surface area contributed by atoms with Crippen LogP contribution in [0.4, 0.5) is 11.4 Å². The lowest BCUT2D eigenvalue weighted by Crippen LogP contribution is -2.22. The number of nitrogens with one attached hydrogen (secondary N) is 2. The Morgan fingerprint density at radius 1 is 1.42 bits per heavy atom. The quantitative estimate of drug-likeness (QED) is 0.554. The summed E-state index contributed by atoms with van der Waals surface area (Å²) in [4.78, 5) is 0.158. The maximum absolute atomic E-state index is 11.7. The molecule has 0 aliphatic rings. The molecule has 0 heterocycles. The van der Waals surface area contributed by atoms with Gasteiger partial charge in [-0.25, -0.2) is 13.1 Å². The smallest absolute Gasteiger partial charge is 0.240 e. The molecule has 1 atom stereocenters. The maximum Gasteiger partial charge on any atom is 0.240 e. The second-order valence-corrected chi connectivity index (χ2v) is 6.10. The first kappa shape index (κ1) is 15.7. The molecule has 0 amide bonds. The number of rotatable bonds is 7. The van der Waals surface area contributed by atoms with Crippen LogP contribution in [-0.4, -0.2) is 33.2 Å². The van der Waals surface area contributed by atoms with E-state index in [4.69, 9.17) is 10.8 Å². The SMILES string of the molecule is CCC(CCO)Nc1cc(S(=O)(=O)NC)ccc1N. The van der Waals surface area contributed by atoms with E-state index in [1.54, 1.807) is 6.07 Å². The van der Waals surface area contributed by atoms with Gasteiger partial charge in [0, 0.05) is 12.6 Å². The van der Waals surface area contributed by atoms with Crippen molar-refractivity contribution in [3.63, 3.8) is 0 Å². The minimum absolute atomic E-state index is 0.0554. The van der Waals surface area contributed by atoms with Gasteiger partial charge in [-0.2, -0.15) is 0 Å². The summed E-state index contributed by atoms with van der Waals surface area (Å²) in [5, 5.41) is 12.1. The van der Waals surface area contributed by atoms with Crippen LogP contribution in [0.25, 0.3) is 0 Å². The van der Waals surface area contributed by atoms with Crippen LogP contribution in [0.3, 0.4) is 0 Å². The van der Waals surface area contributed by atoms with Gasteiger partial charge in [-0.15, -0.1) is 0 Å². The van der Waals surface area contributed by atoms with Crippen molar-refractivity contribution in [1.29, 1.82) is 0 Å². The molecule has 108 valence electrons. The van der Waals surface area contributed by atoms with Crippen molar-refractivity contribution < 1.29 is 13.5 Å². The van der Waals surface area contributed by atoms with E-state index >= 15 is 0 Å². The average molecular weight is 287 g/mol. The van der Waals surface area contributed by atoms with Crippen molar-refractivity contribution in [2.75, 3.05) is 24.7 Å². The van der Waals surface area contributed by atoms with Crippen LogP contribution in [0.2, 0.25) is 0 Å². The van der Waals surface area contributed by atoms with Gasteiger partial charge >= 0.3 is 0 Å². The molecule has 7 heteroatoms. The molecule has 0 aromatic heterocycles. The third-order valence-electron chi connectivity index (χ3n) is 2.93. The number of benzene rings is 1. The highest BCUT2D eigenvalue weighted by molar-refractivity contribution is 7.89. The molecular formula is C12H21N3O3S. The van der Waals surface area contributed by atoms with Crippen molar-refractivity contribution in [3.8, 4) is 0 Å². The van der Waals surface area contributed by atoms with Crippen LogP contribution < -0.4 is 15.8 Å². The van der Waals surface area contributed by atoms with Crippen LogP contribution in [0.1, 0.15) is 19.8 Å². The molecule has 0 aliphatic carbocycles. The highest BCUT2D eigenvalue weighted by Crippen LogP contribution is 2.24. The van der Waals surface area contributed by atoms with Crippen LogP contribution in [0.5, 0.6) is 0 Å². The second kappa shape index (κ2) is 6.74. The minimum Gasteiger partial charge on any atom is -0.397 e. The van der Waals surface area contributed by atoms with Gasteiger partial charge < -0.3 is 16.2 Å². The van der Waals surface area contributed by atoms with Gasteiger partial charge in [-0.3, -0.25) is 0 Å². The zero-order valence-electron chi connectivity index (χ0n) is 11.2. The van der Waals surface area contributed by atoms with E-state index in [1.807, 2.05) is 6.92 Å². The maximum atomic E-state index is 11.7. The van der Waals surface area contributed by atoms with E-state index in [0.717, 1.165) is 6.42 Å². The molecular weight excluding hydrogens is 266 g/mol. The lowest BCUT2D eigenvalue weighted by Gasteiger charge is -2.19. The molecule has 0 radical (unpaired) electrons. The predicted octanol–water partition coefficient (Wildman–Crippen LogP) is 0.750. The molecule has 1 unspecified atom stereocenters. The first-order valence-corrected chi connectivity index (χ1v) is 7.63. The summed E-state index contributed by atoms with van der Waals surface area (Å²) >= 11 is 0. The minimum atomic E-state index is -3.49. The fraction of sp³-hybridized carbons (Fsp3) is 0.500.